The lowest BCUT2D eigenvalue weighted by molar-refractivity contribution is 0.244. The fourth-order valence-corrected chi connectivity index (χ4v) is 3.83. The van der Waals surface area contributed by atoms with Crippen molar-refractivity contribution in [1.82, 2.24) is 18.8 Å². The van der Waals surface area contributed by atoms with Crippen LogP contribution in [0.15, 0.2) is 29.6 Å². The zero-order valence-corrected chi connectivity index (χ0v) is 13.2. The Labute approximate surface area is 128 Å². The summed E-state index contributed by atoms with van der Waals surface area (Å²) in [5.74, 6) is 0.122. The van der Waals surface area contributed by atoms with Gasteiger partial charge in [-0.05, 0) is 24.8 Å². The van der Waals surface area contributed by atoms with Crippen LogP contribution in [0.1, 0.15) is 12.8 Å². The van der Waals surface area contributed by atoms with Gasteiger partial charge in [-0.2, -0.15) is 0 Å². The van der Waals surface area contributed by atoms with Crippen molar-refractivity contribution in [3.63, 3.8) is 0 Å². The Bertz CT molecular complexity index is 847. The van der Waals surface area contributed by atoms with E-state index in [4.69, 9.17) is 0 Å². The van der Waals surface area contributed by atoms with Crippen LogP contribution >= 0.6 is 0 Å². The zero-order valence-electron chi connectivity index (χ0n) is 12.3. The van der Waals surface area contributed by atoms with Gasteiger partial charge in [-0.25, -0.2) is 17.7 Å². The van der Waals surface area contributed by atoms with Crippen LogP contribution in [0.4, 0.5) is 0 Å². The maximum absolute atomic E-state index is 12.4. The molecule has 0 aromatic carbocycles. The molecule has 1 unspecified atom stereocenters. The summed E-state index contributed by atoms with van der Waals surface area (Å²) < 4.78 is 26.4. The highest BCUT2D eigenvalue weighted by molar-refractivity contribution is 7.88. The van der Waals surface area contributed by atoms with E-state index in [1.54, 1.807) is 16.8 Å². The summed E-state index contributed by atoms with van der Waals surface area (Å²) in [7, 11) is -3.18. The van der Waals surface area contributed by atoms with E-state index >= 15 is 0 Å². The van der Waals surface area contributed by atoms with Crippen molar-refractivity contribution < 1.29 is 8.42 Å². The van der Waals surface area contributed by atoms with Gasteiger partial charge in [0.1, 0.15) is 0 Å². The van der Waals surface area contributed by atoms with Crippen LogP contribution in [-0.2, 0) is 16.6 Å². The minimum absolute atomic E-state index is 0.122. The maximum atomic E-state index is 12.4. The molecule has 0 bridgehead atoms. The van der Waals surface area contributed by atoms with Crippen molar-refractivity contribution in [3.8, 4) is 0 Å². The highest BCUT2D eigenvalue weighted by atomic mass is 32.2. The summed E-state index contributed by atoms with van der Waals surface area (Å²) in [6.45, 7) is 1.49. The van der Waals surface area contributed by atoms with Crippen molar-refractivity contribution in [2.24, 2.45) is 5.92 Å². The van der Waals surface area contributed by atoms with Gasteiger partial charge >= 0.3 is 0 Å². The van der Waals surface area contributed by atoms with Gasteiger partial charge in [-0.3, -0.25) is 14.3 Å². The largest absolute Gasteiger partial charge is 0.298 e. The minimum atomic E-state index is -3.18. The molecule has 1 saturated heterocycles. The number of hydrogen-bond acceptors (Lipinski definition) is 5. The first kappa shape index (κ1) is 15.1. The monoisotopic (exact) mass is 322 g/mol. The second-order valence-corrected chi connectivity index (χ2v) is 7.71. The standard InChI is InChI=1S/C14H18N4O3S/c1-22(20,21)18-6-2-3-11(9-18)8-17-10-16-13-4-5-15-7-12(13)14(17)19/h4-5,7,10-11H,2-3,6,8-9H2,1H3. The molecule has 118 valence electrons. The Morgan fingerprint density at radius 2 is 2.23 bits per heavy atom. The minimum Gasteiger partial charge on any atom is -0.298 e. The first-order valence-corrected chi connectivity index (χ1v) is 9.04. The van der Waals surface area contributed by atoms with Crippen molar-refractivity contribution in [2.45, 2.75) is 19.4 Å². The Kier molecular flexibility index (Phi) is 3.96. The average molecular weight is 322 g/mol. The van der Waals surface area contributed by atoms with Gasteiger partial charge in [0.2, 0.25) is 10.0 Å². The molecule has 8 heteroatoms. The number of pyridine rings is 1. The summed E-state index contributed by atoms with van der Waals surface area (Å²) >= 11 is 0. The number of sulfonamides is 1. The van der Waals surface area contributed by atoms with Crippen LogP contribution in [0.25, 0.3) is 10.9 Å². The number of piperidine rings is 1. The average Bonchev–Trinajstić information content (AvgIpc) is 2.50. The lowest BCUT2D eigenvalue weighted by Gasteiger charge is -2.31. The zero-order chi connectivity index (χ0) is 15.7. The van der Waals surface area contributed by atoms with E-state index < -0.39 is 10.0 Å². The van der Waals surface area contributed by atoms with E-state index in [0.717, 1.165) is 12.8 Å². The van der Waals surface area contributed by atoms with E-state index in [0.29, 0.717) is 30.5 Å². The van der Waals surface area contributed by atoms with Crippen LogP contribution in [0.3, 0.4) is 0 Å². The van der Waals surface area contributed by atoms with E-state index in [2.05, 4.69) is 9.97 Å². The normalized spacial score (nSPS) is 20.3. The molecule has 1 aliphatic heterocycles. The Morgan fingerprint density at radius 3 is 3.00 bits per heavy atom. The van der Waals surface area contributed by atoms with Crippen molar-refractivity contribution >= 4 is 20.9 Å². The van der Waals surface area contributed by atoms with Gasteiger partial charge in [0, 0.05) is 32.0 Å². The molecular formula is C14H18N4O3S. The Morgan fingerprint density at radius 1 is 1.41 bits per heavy atom. The summed E-state index contributed by atoms with van der Waals surface area (Å²) in [5.41, 5.74) is 0.493. The van der Waals surface area contributed by atoms with Gasteiger partial charge in [-0.1, -0.05) is 0 Å². The second kappa shape index (κ2) is 5.77. The Hall–Kier alpha value is -1.80. The van der Waals surface area contributed by atoms with E-state index in [1.807, 2.05) is 0 Å². The molecule has 3 rings (SSSR count). The predicted octanol–water partition coefficient (Wildman–Crippen LogP) is 0.463. The molecule has 1 fully saturated rings. The lowest BCUT2D eigenvalue weighted by Crippen LogP contribution is -2.41. The molecular weight excluding hydrogens is 304 g/mol. The van der Waals surface area contributed by atoms with E-state index in [1.165, 1.54) is 23.1 Å². The van der Waals surface area contributed by atoms with Gasteiger partial charge in [0.25, 0.3) is 5.56 Å². The second-order valence-electron chi connectivity index (χ2n) is 5.72. The van der Waals surface area contributed by atoms with Crippen LogP contribution in [-0.4, -0.2) is 46.6 Å². The fourth-order valence-electron chi connectivity index (χ4n) is 2.89. The fraction of sp³-hybridized carbons (Fsp3) is 0.500. The summed E-state index contributed by atoms with van der Waals surface area (Å²) in [6.07, 6.45) is 7.60. The lowest BCUT2D eigenvalue weighted by atomic mass is 9.99. The Balaban J connectivity index is 1.84. The number of fused-ring (bicyclic) bond motifs is 1. The van der Waals surface area contributed by atoms with Crippen molar-refractivity contribution in [1.29, 1.82) is 0 Å². The first-order valence-electron chi connectivity index (χ1n) is 7.19. The van der Waals surface area contributed by atoms with E-state index in [9.17, 15) is 13.2 Å². The molecule has 2 aromatic rings. The molecule has 0 spiro atoms. The van der Waals surface area contributed by atoms with Gasteiger partial charge in [0.15, 0.2) is 0 Å². The molecule has 3 heterocycles. The number of hydrogen-bond donors (Lipinski definition) is 0. The molecule has 2 aromatic heterocycles. The predicted molar refractivity (Wildman–Crippen MR) is 82.9 cm³/mol. The summed E-state index contributed by atoms with van der Waals surface area (Å²) in [5, 5.41) is 0.487. The van der Waals surface area contributed by atoms with E-state index in [-0.39, 0.29) is 11.5 Å². The van der Waals surface area contributed by atoms with Gasteiger partial charge in [0.05, 0.1) is 23.5 Å². The molecule has 0 aliphatic carbocycles. The molecule has 0 amide bonds. The molecule has 1 atom stereocenters. The topological polar surface area (TPSA) is 85.2 Å². The van der Waals surface area contributed by atoms with Crippen molar-refractivity contribution in [2.75, 3.05) is 19.3 Å². The molecule has 0 N–H and O–H groups in total. The molecule has 1 aliphatic rings. The van der Waals surface area contributed by atoms with Crippen LogP contribution in [0.2, 0.25) is 0 Å². The van der Waals surface area contributed by atoms with Crippen LogP contribution < -0.4 is 5.56 Å². The van der Waals surface area contributed by atoms with Gasteiger partial charge < -0.3 is 0 Å². The van der Waals surface area contributed by atoms with Crippen LogP contribution in [0, 0.1) is 5.92 Å². The van der Waals surface area contributed by atoms with Crippen molar-refractivity contribution in [3.05, 3.63) is 35.1 Å². The number of aromatic nitrogens is 3. The summed E-state index contributed by atoms with van der Waals surface area (Å²) in [4.78, 5) is 20.7. The smallest absolute Gasteiger partial charge is 0.262 e. The SMILES string of the molecule is CS(=O)(=O)N1CCCC(Cn2cnc3ccncc3c2=O)C1. The quantitative estimate of drug-likeness (QED) is 0.820. The first-order chi connectivity index (χ1) is 10.4. The third-order valence-corrected chi connectivity index (χ3v) is 5.30. The highest BCUT2D eigenvalue weighted by Crippen LogP contribution is 2.20. The number of nitrogens with zero attached hydrogens (tertiary/aromatic N) is 4. The third-order valence-electron chi connectivity index (χ3n) is 4.03. The molecule has 7 nitrogen and oxygen atoms in total. The van der Waals surface area contributed by atoms with Crippen LogP contribution in [0.5, 0.6) is 0 Å². The third kappa shape index (κ3) is 3.02. The maximum Gasteiger partial charge on any atom is 0.262 e. The molecule has 0 saturated carbocycles. The molecule has 22 heavy (non-hydrogen) atoms. The highest BCUT2D eigenvalue weighted by Gasteiger charge is 2.26. The molecule has 0 radical (unpaired) electrons. The number of rotatable bonds is 3. The summed E-state index contributed by atoms with van der Waals surface area (Å²) in [6, 6.07) is 1.70. The van der Waals surface area contributed by atoms with Gasteiger partial charge in [-0.15, -0.1) is 0 Å².